The second kappa shape index (κ2) is 8.71. The van der Waals surface area contributed by atoms with Crippen molar-refractivity contribution in [3.63, 3.8) is 0 Å². The molecule has 0 saturated carbocycles. The van der Waals surface area contributed by atoms with Crippen LogP contribution >= 0.6 is 12.4 Å². The van der Waals surface area contributed by atoms with Crippen molar-refractivity contribution in [2.45, 2.75) is 32.4 Å². The van der Waals surface area contributed by atoms with Gasteiger partial charge in [-0.1, -0.05) is 42.5 Å². The van der Waals surface area contributed by atoms with Crippen LogP contribution in [0.2, 0.25) is 0 Å². The second-order valence-electron chi connectivity index (χ2n) is 5.25. The van der Waals surface area contributed by atoms with Gasteiger partial charge in [0.05, 0.1) is 7.11 Å². The van der Waals surface area contributed by atoms with Crippen LogP contribution in [0.15, 0.2) is 54.6 Å². The fraction of sp³-hybridized carbons (Fsp3) is 0.333. The van der Waals surface area contributed by atoms with E-state index >= 15 is 0 Å². The summed E-state index contributed by atoms with van der Waals surface area (Å²) in [5.41, 5.74) is 2.65. The van der Waals surface area contributed by atoms with Crippen LogP contribution in [-0.4, -0.2) is 13.2 Å². The molecule has 114 valence electrons. The van der Waals surface area contributed by atoms with Gasteiger partial charge in [-0.25, -0.2) is 0 Å². The average Bonchev–Trinajstić information content (AvgIpc) is 2.49. The van der Waals surface area contributed by atoms with Gasteiger partial charge in [-0.3, -0.25) is 0 Å². The van der Waals surface area contributed by atoms with E-state index in [-0.39, 0.29) is 12.4 Å². The Morgan fingerprint density at radius 3 is 2.14 bits per heavy atom. The largest absolute Gasteiger partial charge is 0.497 e. The first-order valence-corrected chi connectivity index (χ1v) is 7.13. The van der Waals surface area contributed by atoms with E-state index in [4.69, 9.17) is 4.74 Å². The molecule has 2 nitrogen and oxygen atoms in total. The number of rotatable bonds is 6. The zero-order valence-electron chi connectivity index (χ0n) is 12.9. The average molecular weight is 306 g/mol. The molecule has 0 heterocycles. The van der Waals surface area contributed by atoms with E-state index < -0.39 is 0 Å². The first-order chi connectivity index (χ1) is 9.69. The van der Waals surface area contributed by atoms with Crippen LogP contribution in [0.5, 0.6) is 5.75 Å². The Bertz CT molecular complexity index is 513. The molecule has 2 rings (SSSR count). The molecule has 21 heavy (non-hydrogen) atoms. The number of hydrogen-bond donors (Lipinski definition) is 1. The summed E-state index contributed by atoms with van der Waals surface area (Å²) in [5.74, 6) is 0.909. The summed E-state index contributed by atoms with van der Waals surface area (Å²) >= 11 is 0. The maximum atomic E-state index is 5.18. The van der Waals surface area contributed by atoms with Crippen LogP contribution in [0.1, 0.15) is 31.0 Å². The SMILES string of the molecule is COc1ccc(C[C@H](C)N[C@@H](C)c2ccccc2)cc1.Cl. The molecule has 3 heteroatoms. The molecular weight excluding hydrogens is 282 g/mol. The van der Waals surface area contributed by atoms with E-state index in [2.05, 4.69) is 61.6 Å². The molecule has 0 bridgehead atoms. The lowest BCUT2D eigenvalue weighted by Crippen LogP contribution is -2.30. The Hall–Kier alpha value is -1.51. The molecule has 0 amide bonds. The van der Waals surface area contributed by atoms with Crippen LogP contribution in [0, 0.1) is 0 Å². The lowest BCUT2D eigenvalue weighted by Gasteiger charge is -2.20. The molecule has 0 radical (unpaired) electrons. The lowest BCUT2D eigenvalue weighted by molar-refractivity contribution is 0.414. The van der Waals surface area contributed by atoms with Crippen LogP contribution in [0.3, 0.4) is 0 Å². The maximum Gasteiger partial charge on any atom is 0.118 e. The molecule has 2 atom stereocenters. The Balaban J connectivity index is 0.00000220. The second-order valence-corrected chi connectivity index (χ2v) is 5.25. The van der Waals surface area contributed by atoms with Gasteiger partial charge in [0.25, 0.3) is 0 Å². The molecule has 0 saturated heterocycles. The zero-order valence-corrected chi connectivity index (χ0v) is 13.7. The molecule has 1 N–H and O–H groups in total. The summed E-state index contributed by atoms with van der Waals surface area (Å²) in [4.78, 5) is 0. The van der Waals surface area contributed by atoms with E-state index in [9.17, 15) is 0 Å². The van der Waals surface area contributed by atoms with Crippen molar-refractivity contribution in [1.82, 2.24) is 5.32 Å². The molecule has 0 unspecified atom stereocenters. The highest BCUT2D eigenvalue weighted by atomic mass is 35.5. The van der Waals surface area contributed by atoms with Crippen LogP contribution in [-0.2, 0) is 6.42 Å². The topological polar surface area (TPSA) is 21.3 Å². The first-order valence-electron chi connectivity index (χ1n) is 7.13. The molecule has 0 aromatic heterocycles. The highest BCUT2D eigenvalue weighted by molar-refractivity contribution is 5.85. The third kappa shape index (κ3) is 5.41. The van der Waals surface area contributed by atoms with Gasteiger partial charge in [0.15, 0.2) is 0 Å². The molecule has 0 aliphatic heterocycles. The summed E-state index contributed by atoms with van der Waals surface area (Å²) in [7, 11) is 1.70. The summed E-state index contributed by atoms with van der Waals surface area (Å²) in [6.07, 6.45) is 1.02. The van der Waals surface area contributed by atoms with Crippen molar-refractivity contribution in [2.24, 2.45) is 0 Å². The normalized spacial score (nSPS) is 13.1. The predicted molar refractivity (Wildman–Crippen MR) is 91.4 cm³/mol. The minimum atomic E-state index is 0. The Labute approximate surface area is 133 Å². The molecule has 0 fully saturated rings. The standard InChI is InChI=1S/C18H23NO.ClH/c1-14(13-16-9-11-18(20-3)12-10-16)19-15(2)17-7-5-4-6-8-17;/h4-12,14-15,19H,13H2,1-3H3;1H/t14-,15-;/m0./s1. The van der Waals surface area contributed by atoms with Crippen molar-refractivity contribution in [2.75, 3.05) is 7.11 Å². The lowest BCUT2D eigenvalue weighted by atomic mass is 10.0. The third-order valence-electron chi connectivity index (χ3n) is 3.54. The van der Waals surface area contributed by atoms with E-state index in [1.165, 1.54) is 11.1 Å². The summed E-state index contributed by atoms with van der Waals surface area (Å²) in [5, 5.41) is 3.64. The minimum Gasteiger partial charge on any atom is -0.497 e. The van der Waals surface area contributed by atoms with Crippen molar-refractivity contribution < 1.29 is 4.74 Å². The number of hydrogen-bond acceptors (Lipinski definition) is 2. The number of ether oxygens (including phenoxy) is 1. The van der Waals surface area contributed by atoms with Gasteiger partial charge >= 0.3 is 0 Å². The highest BCUT2D eigenvalue weighted by Gasteiger charge is 2.09. The van der Waals surface area contributed by atoms with Crippen molar-refractivity contribution in [3.05, 3.63) is 65.7 Å². The molecule has 0 aliphatic carbocycles. The summed E-state index contributed by atoms with van der Waals surface area (Å²) in [6.45, 7) is 4.43. The van der Waals surface area contributed by atoms with Gasteiger partial charge < -0.3 is 10.1 Å². The van der Waals surface area contributed by atoms with Crippen molar-refractivity contribution >= 4 is 12.4 Å². The van der Waals surface area contributed by atoms with Gasteiger partial charge in [-0.05, 0) is 43.5 Å². The van der Waals surface area contributed by atoms with Crippen LogP contribution in [0.25, 0.3) is 0 Å². The Morgan fingerprint density at radius 1 is 0.952 bits per heavy atom. The molecule has 2 aromatic carbocycles. The van der Waals surface area contributed by atoms with Gasteiger partial charge in [-0.15, -0.1) is 12.4 Å². The molecule has 2 aromatic rings. The van der Waals surface area contributed by atoms with Crippen LogP contribution in [0.4, 0.5) is 0 Å². The minimum absolute atomic E-state index is 0. The Kier molecular flexibility index (Phi) is 7.27. The molecular formula is C18H24ClNO. The quantitative estimate of drug-likeness (QED) is 0.854. The van der Waals surface area contributed by atoms with E-state index in [1.807, 2.05) is 12.1 Å². The molecule has 0 aliphatic rings. The number of methoxy groups -OCH3 is 1. The van der Waals surface area contributed by atoms with E-state index in [0.717, 1.165) is 12.2 Å². The Morgan fingerprint density at radius 2 is 1.57 bits per heavy atom. The smallest absolute Gasteiger partial charge is 0.118 e. The number of halogens is 1. The van der Waals surface area contributed by atoms with Crippen molar-refractivity contribution in [3.8, 4) is 5.75 Å². The number of nitrogens with one attached hydrogen (secondary N) is 1. The van der Waals surface area contributed by atoms with Gasteiger partial charge in [0.1, 0.15) is 5.75 Å². The van der Waals surface area contributed by atoms with Gasteiger partial charge in [-0.2, -0.15) is 0 Å². The predicted octanol–water partition coefficient (Wildman–Crippen LogP) is 4.40. The van der Waals surface area contributed by atoms with Gasteiger partial charge in [0, 0.05) is 12.1 Å². The first kappa shape index (κ1) is 17.5. The highest BCUT2D eigenvalue weighted by Crippen LogP contribution is 2.15. The molecule has 0 spiro atoms. The summed E-state index contributed by atoms with van der Waals surface area (Å²) < 4.78 is 5.18. The van der Waals surface area contributed by atoms with Crippen LogP contribution < -0.4 is 10.1 Å². The van der Waals surface area contributed by atoms with Gasteiger partial charge in [0.2, 0.25) is 0 Å². The summed E-state index contributed by atoms with van der Waals surface area (Å²) in [6, 6.07) is 19.6. The fourth-order valence-electron chi connectivity index (χ4n) is 2.44. The number of benzene rings is 2. The van der Waals surface area contributed by atoms with E-state index in [0.29, 0.717) is 12.1 Å². The van der Waals surface area contributed by atoms with E-state index in [1.54, 1.807) is 7.11 Å². The zero-order chi connectivity index (χ0) is 14.4. The fourth-order valence-corrected chi connectivity index (χ4v) is 2.44. The maximum absolute atomic E-state index is 5.18. The van der Waals surface area contributed by atoms with Crippen molar-refractivity contribution in [1.29, 1.82) is 0 Å². The third-order valence-corrected chi connectivity index (χ3v) is 3.54. The monoisotopic (exact) mass is 305 g/mol.